The highest BCUT2D eigenvalue weighted by Crippen LogP contribution is 2.16. The minimum Gasteiger partial charge on any atom is -0.384 e. The van der Waals surface area contributed by atoms with E-state index in [2.05, 4.69) is 9.97 Å². The van der Waals surface area contributed by atoms with Gasteiger partial charge in [-0.3, -0.25) is 4.98 Å². The average molecular weight is 278 g/mol. The second kappa shape index (κ2) is 5.33. The second-order valence-corrected chi connectivity index (χ2v) is 6.09. The summed E-state index contributed by atoms with van der Waals surface area (Å²) in [7, 11) is -2.05. The molecule has 0 saturated carbocycles. The van der Waals surface area contributed by atoms with Crippen LogP contribution in [0.2, 0.25) is 0 Å². The smallest absolute Gasteiger partial charge is 0.244 e. The van der Waals surface area contributed by atoms with E-state index in [-0.39, 0.29) is 17.3 Å². The highest BCUT2D eigenvalue weighted by atomic mass is 32.2. The van der Waals surface area contributed by atoms with Gasteiger partial charge in [-0.2, -0.15) is 4.31 Å². The summed E-state index contributed by atoms with van der Waals surface area (Å²) in [6, 6.07) is 6.49. The van der Waals surface area contributed by atoms with Crippen LogP contribution in [0.15, 0.2) is 47.8 Å². The van der Waals surface area contributed by atoms with Crippen molar-refractivity contribution in [2.45, 2.75) is 11.4 Å². The Labute approximate surface area is 112 Å². The molecule has 0 atom stereocenters. The summed E-state index contributed by atoms with van der Waals surface area (Å²) in [5, 5.41) is 0. The van der Waals surface area contributed by atoms with Crippen LogP contribution in [0, 0.1) is 0 Å². The van der Waals surface area contributed by atoms with Gasteiger partial charge in [0.25, 0.3) is 0 Å². The number of nitrogens with two attached hydrogens (primary N) is 1. The number of rotatable bonds is 4. The van der Waals surface area contributed by atoms with E-state index in [4.69, 9.17) is 5.73 Å². The fourth-order valence-electron chi connectivity index (χ4n) is 1.56. The number of nitrogens with zero attached hydrogens (tertiary/aromatic N) is 3. The molecule has 7 heteroatoms. The van der Waals surface area contributed by atoms with Crippen molar-refractivity contribution >= 4 is 15.8 Å². The van der Waals surface area contributed by atoms with Gasteiger partial charge in [-0.1, -0.05) is 6.07 Å². The molecule has 0 unspecified atom stereocenters. The summed E-state index contributed by atoms with van der Waals surface area (Å²) in [5.41, 5.74) is 6.26. The normalized spacial score (nSPS) is 11.7. The number of pyridine rings is 2. The molecule has 6 nitrogen and oxygen atoms in total. The van der Waals surface area contributed by atoms with Gasteiger partial charge < -0.3 is 5.73 Å². The Morgan fingerprint density at radius 3 is 2.63 bits per heavy atom. The lowest BCUT2D eigenvalue weighted by molar-refractivity contribution is 0.466. The predicted molar refractivity (Wildman–Crippen MR) is 71.5 cm³/mol. The molecule has 2 aromatic rings. The van der Waals surface area contributed by atoms with Crippen LogP contribution in [-0.2, 0) is 16.6 Å². The monoisotopic (exact) mass is 278 g/mol. The molecule has 0 aromatic carbocycles. The van der Waals surface area contributed by atoms with Crippen molar-refractivity contribution in [3.63, 3.8) is 0 Å². The van der Waals surface area contributed by atoms with Crippen LogP contribution in [0.3, 0.4) is 0 Å². The van der Waals surface area contributed by atoms with E-state index in [1.165, 1.54) is 29.7 Å². The zero-order chi connectivity index (χ0) is 13.9. The Balaban J connectivity index is 2.22. The molecule has 2 heterocycles. The van der Waals surface area contributed by atoms with Crippen molar-refractivity contribution in [1.29, 1.82) is 0 Å². The van der Waals surface area contributed by atoms with E-state index < -0.39 is 10.0 Å². The lowest BCUT2D eigenvalue weighted by atomic mass is 10.3. The van der Waals surface area contributed by atoms with Crippen LogP contribution < -0.4 is 5.73 Å². The molecule has 2 N–H and O–H groups in total. The zero-order valence-electron chi connectivity index (χ0n) is 10.4. The SMILES string of the molecule is CN(Cc1cccnc1)S(=O)(=O)c1ccc(N)nc1. The topological polar surface area (TPSA) is 89.2 Å². The van der Waals surface area contributed by atoms with E-state index in [0.717, 1.165) is 5.56 Å². The number of sulfonamides is 1. The lowest BCUT2D eigenvalue weighted by Crippen LogP contribution is -2.26. The summed E-state index contributed by atoms with van der Waals surface area (Å²) in [4.78, 5) is 7.87. The highest BCUT2D eigenvalue weighted by Gasteiger charge is 2.21. The molecular weight excluding hydrogens is 264 g/mol. The maximum absolute atomic E-state index is 12.3. The summed E-state index contributed by atoms with van der Waals surface area (Å²) in [6.45, 7) is 0.251. The van der Waals surface area contributed by atoms with Crippen LogP contribution in [0.1, 0.15) is 5.56 Å². The van der Waals surface area contributed by atoms with Gasteiger partial charge in [0.05, 0.1) is 0 Å². The summed E-state index contributed by atoms with van der Waals surface area (Å²) in [5.74, 6) is 0.286. The van der Waals surface area contributed by atoms with E-state index in [1.54, 1.807) is 18.5 Å². The molecule has 19 heavy (non-hydrogen) atoms. The van der Waals surface area contributed by atoms with Crippen molar-refractivity contribution in [2.75, 3.05) is 12.8 Å². The first kappa shape index (κ1) is 13.4. The number of aromatic nitrogens is 2. The minimum atomic E-state index is -3.57. The first-order valence-corrected chi connectivity index (χ1v) is 7.01. The Bertz CT molecular complexity index is 641. The molecule has 0 aliphatic carbocycles. The average Bonchev–Trinajstić information content (AvgIpc) is 2.40. The summed E-state index contributed by atoms with van der Waals surface area (Å²) >= 11 is 0. The van der Waals surface area contributed by atoms with Crippen LogP contribution in [-0.4, -0.2) is 29.7 Å². The molecular formula is C12H14N4O2S. The predicted octanol–water partition coefficient (Wildman–Crippen LogP) is 0.879. The van der Waals surface area contributed by atoms with Gasteiger partial charge >= 0.3 is 0 Å². The number of hydrogen-bond acceptors (Lipinski definition) is 5. The van der Waals surface area contributed by atoms with Gasteiger partial charge in [0.2, 0.25) is 10.0 Å². The molecule has 2 aromatic heterocycles. The van der Waals surface area contributed by atoms with Crippen LogP contribution in [0.5, 0.6) is 0 Å². The van der Waals surface area contributed by atoms with Gasteiger partial charge in [-0.05, 0) is 23.8 Å². The van der Waals surface area contributed by atoms with Crippen molar-refractivity contribution in [2.24, 2.45) is 0 Å². The third kappa shape index (κ3) is 3.07. The number of anilines is 1. The molecule has 0 amide bonds. The molecule has 0 radical (unpaired) electrons. The van der Waals surface area contributed by atoms with Crippen molar-refractivity contribution in [1.82, 2.24) is 14.3 Å². The maximum Gasteiger partial charge on any atom is 0.244 e. The zero-order valence-corrected chi connectivity index (χ0v) is 11.2. The van der Waals surface area contributed by atoms with E-state index >= 15 is 0 Å². The van der Waals surface area contributed by atoms with Crippen LogP contribution in [0.25, 0.3) is 0 Å². The maximum atomic E-state index is 12.3. The van der Waals surface area contributed by atoms with Crippen molar-refractivity contribution < 1.29 is 8.42 Å². The third-order valence-corrected chi connectivity index (χ3v) is 4.38. The molecule has 0 aliphatic heterocycles. The molecule has 0 spiro atoms. The Kier molecular flexibility index (Phi) is 3.77. The first-order chi connectivity index (χ1) is 9.00. The molecule has 0 aliphatic rings. The Hall–Kier alpha value is -1.99. The van der Waals surface area contributed by atoms with Gasteiger partial charge in [-0.15, -0.1) is 0 Å². The third-order valence-electron chi connectivity index (χ3n) is 2.60. The molecule has 0 fully saturated rings. The van der Waals surface area contributed by atoms with Gasteiger partial charge in [0, 0.05) is 32.2 Å². The largest absolute Gasteiger partial charge is 0.384 e. The fourth-order valence-corrected chi connectivity index (χ4v) is 2.66. The highest BCUT2D eigenvalue weighted by molar-refractivity contribution is 7.89. The van der Waals surface area contributed by atoms with Crippen molar-refractivity contribution in [3.05, 3.63) is 48.4 Å². The van der Waals surface area contributed by atoms with E-state index in [9.17, 15) is 8.42 Å². The van der Waals surface area contributed by atoms with E-state index in [0.29, 0.717) is 0 Å². The first-order valence-electron chi connectivity index (χ1n) is 5.57. The van der Waals surface area contributed by atoms with Gasteiger partial charge in [0.15, 0.2) is 0 Å². The van der Waals surface area contributed by atoms with Crippen LogP contribution >= 0.6 is 0 Å². The van der Waals surface area contributed by atoms with Gasteiger partial charge in [0.1, 0.15) is 10.7 Å². The van der Waals surface area contributed by atoms with Gasteiger partial charge in [-0.25, -0.2) is 13.4 Å². The minimum absolute atomic E-state index is 0.119. The molecule has 100 valence electrons. The quantitative estimate of drug-likeness (QED) is 0.896. The van der Waals surface area contributed by atoms with E-state index in [1.807, 2.05) is 6.07 Å². The second-order valence-electron chi connectivity index (χ2n) is 4.04. The number of nitrogen functional groups attached to an aromatic ring is 1. The lowest BCUT2D eigenvalue weighted by Gasteiger charge is -2.16. The Morgan fingerprint density at radius 1 is 1.26 bits per heavy atom. The summed E-state index contributed by atoms with van der Waals surface area (Å²) < 4.78 is 25.8. The number of hydrogen-bond donors (Lipinski definition) is 1. The molecule has 2 rings (SSSR count). The standard InChI is InChI=1S/C12H14N4O2S/c1-16(9-10-3-2-6-14-7-10)19(17,18)11-4-5-12(13)15-8-11/h2-8H,9H2,1H3,(H2,13,15). The fraction of sp³-hybridized carbons (Fsp3) is 0.167. The Morgan fingerprint density at radius 2 is 2.05 bits per heavy atom. The van der Waals surface area contributed by atoms with Crippen LogP contribution in [0.4, 0.5) is 5.82 Å². The molecule has 0 bridgehead atoms. The van der Waals surface area contributed by atoms with Crippen molar-refractivity contribution in [3.8, 4) is 0 Å². The molecule has 0 saturated heterocycles. The summed E-state index contributed by atoms with van der Waals surface area (Å²) in [6.07, 6.45) is 4.53.